The topological polar surface area (TPSA) is 56.8 Å². The van der Waals surface area contributed by atoms with Crippen LogP contribution in [0.5, 0.6) is 17.2 Å². The largest absolute Gasteiger partial charge is 0.484 e. The van der Waals surface area contributed by atoms with E-state index in [9.17, 15) is 4.79 Å². The first kappa shape index (κ1) is 17.9. The Hall–Kier alpha value is -3.47. The van der Waals surface area contributed by atoms with E-state index in [4.69, 9.17) is 14.2 Å². The molecule has 142 valence electrons. The summed E-state index contributed by atoms with van der Waals surface area (Å²) in [4.78, 5) is 12.5. The Labute approximate surface area is 163 Å². The molecular weight excluding hydrogens is 354 g/mol. The third-order valence-corrected chi connectivity index (χ3v) is 4.53. The average molecular weight is 375 g/mol. The summed E-state index contributed by atoms with van der Waals surface area (Å²) in [6.45, 7) is 0.134. The predicted molar refractivity (Wildman–Crippen MR) is 106 cm³/mol. The lowest BCUT2D eigenvalue weighted by Crippen LogP contribution is -2.33. The van der Waals surface area contributed by atoms with Crippen LogP contribution in [0.4, 0.5) is 0 Å². The molecule has 28 heavy (non-hydrogen) atoms. The van der Waals surface area contributed by atoms with Crippen molar-refractivity contribution in [3.05, 3.63) is 90.0 Å². The first-order valence-corrected chi connectivity index (χ1v) is 9.18. The maximum Gasteiger partial charge on any atom is 0.258 e. The van der Waals surface area contributed by atoms with Gasteiger partial charge in [-0.3, -0.25) is 4.79 Å². The fourth-order valence-corrected chi connectivity index (χ4v) is 3.14. The number of fused-ring (bicyclic) bond motifs is 1. The number of nitrogens with one attached hydrogen (secondary N) is 1. The van der Waals surface area contributed by atoms with E-state index in [-0.39, 0.29) is 25.3 Å². The number of hydrogen-bond acceptors (Lipinski definition) is 4. The summed E-state index contributed by atoms with van der Waals surface area (Å²) in [5, 5.41) is 3.08. The number of hydrogen-bond donors (Lipinski definition) is 1. The van der Waals surface area contributed by atoms with Crippen molar-refractivity contribution in [2.75, 3.05) is 13.4 Å². The van der Waals surface area contributed by atoms with Gasteiger partial charge in [-0.1, -0.05) is 60.7 Å². The molecule has 0 aliphatic carbocycles. The third-order valence-electron chi connectivity index (χ3n) is 4.53. The Bertz CT molecular complexity index is 928. The van der Waals surface area contributed by atoms with Gasteiger partial charge >= 0.3 is 0 Å². The zero-order valence-corrected chi connectivity index (χ0v) is 15.3. The van der Waals surface area contributed by atoms with Crippen molar-refractivity contribution in [3.8, 4) is 17.2 Å². The fraction of sp³-hybridized carbons (Fsp3) is 0.174. The zero-order chi connectivity index (χ0) is 19.2. The van der Waals surface area contributed by atoms with Crippen molar-refractivity contribution in [3.63, 3.8) is 0 Å². The second kappa shape index (κ2) is 8.48. The lowest BCUT2D eigenvalue weighted by atomic mass is 9.99. The first-order valence-electron chi connectivity index (χ1n) is 9.18. The van der Waals surface area contributed by atoms with E-state index in [0.717, 1.165) is 11.1 Å². The van der Waals surface area contributed by atoms with Crippen LogP contribution in [0.2, 0.25) is 0 Å². The van der Waals surface area contributed by atoms with Gasteiger partial charge in [-0.15, -0.1) is 0 Å². The summed E-state index contributed by atoms with van der Waals surface area (Å²) in [6, 6.07) is 25.2. The Morgan fingerprint density at radius 3 is 2.43 bits per heavy atom. The van der Waals surface area contributed by atoms with Gasteiger partial charge in [0.25, 0.3) is 5.91 Å². The van der Waals surface area contributed by atoms with Gasteiger partial charge in [0.1, 0.15) is 5.75 Å². The standard InChI is InChI=1S/C23H21NO4/c25-23(15-26-19-11-12-21-22(14-19)28-16-27-21)24-20(18-9-5-2-6-10-18)13-17-7-3-1-4-8-17/h1-12,14,20H,13,15-16H2,(H,24,25). The molecule has 4 rings (SSSR count). The molecule has 0 spiro atoms. The van der Waals surface area contributed by atoms with Crippen LogP contribution in [0.25, 0.3) is 0 Å². The van der Waals surface area contributed by atoms with Gasteiger partial charge in [-0.05, 0) is 29.7 Å². The van der Waals surface area contributed by atoms with Crippen LogP contribution in [0.1, 0.15) is 17.2 Å². The van der Waals surface area contributed by atoms with Gasteiger partial charge in [-0.25, -0.2) is 0 Å². The van der Waals surface area contributed by atoms with Crippen molar-refractivity contribution >= 4 is 5.91 Å². The second-order valence-corrected chi connectivity index (χ2v) is 6.52. The second-order valence-electron chi connectivity index (χ2n) is 6.52. The molecule has 1 atom stereocenters. The normalized spacial score (nSPS) is 13.0. The van der Waals surface area contributed by atoms with Crippen LogP contribution in [0.3, 0.4) is 0 Å². The van der Waals surface area contributed by atoms with Crippen LogP contribution in [0, 0.1) is 0 Å². The summed E-state index contributed by atoms with van der Waals surface area (Å²) in [5.74, 6) is 1.70. The SMILES string of the molecule is O=C(COc1ccc2c(c1)OCO2)NC(Cc1ccccc1)c1ccccc1. The molecule has 1 aliphatic heterocycles. The molecule has 5 heteroatoms. The van der Waals surface area contributed by atoms with Crippen molar-refractivity contribution < 1.29 is 19.0 Å². The summed E-state index contributed by atoms with van der Waals surface area (Å²) >= 11 is 0. The molecule has 1 heterocycles. The number of carbonyl (C=O) groups is 1. The van der Waals surface area contributed by atoms with Gasteiger partial charge in [0.05, 0.1) is 6.04 Å². The Balaban J connectivity index is 1.40. The molecule has 0 bridgehead atoms. The van der Waals surface area contributed by atoms with E-state index in [1.165, 1.54) is 0 Å². The molecule has 0 aromatic heterocycles. The van der Waals surface area contributed by atoms with E-state index >= 15 is 0 Å². The maximum atomic E-state index is 12.5. The van der Waals surface area contributed by atoms with Crippen molar-refractivity contribution in [2.45, 2.75) is 12.5 Å². The molecule has 3 aromatic rings. The summed E-state index contributed by atoms with van der Waals surface area (Å²) < 4.78 is 16.2. The summed E-state index contributed by atoms with van der Waals surface area (Å²) in [7, 11) is 0. The molecule has 1 amide bonds. The lowest BCUT2D eigenvalue weighted by Gasteiger charge is -2.20. The molecule has 1 N–H and O–H groups in total. The summed E-state index contributed by atoms with van der Waals surface area (Å²) in [5.41, 5.74) is 2.22. The number of ether oxygens (including phenoxy) is 3. The van der Waals surface area contributed by atoms with Crippen LogP contribution < -0.4 is 19.5 Å². The zero-order valence-electron chi connectivity index (χ0n) is 15.3. The highest BCUT2D eigenvalue weighted by Gasteiger charge is 2.17. The number of rotatable bonds is 7. The van der Waals surface area contributed by atoms with Crippen LogP contribution in [-0.2, 0) is 11.2 Å². The summed E-state index contributed by atoms with van der Waals surface area (Å²) in [6.07, 6.45) is 0.709. The van der Waals surface area contributed by atoms with E-state index in [1.54, 1.807) is 18.2 Å². The molecule has 1 aliphatic rings. The van der Waals surface area contributed by atoms with Gasteiger partial charge in [0.2, 0.25) is 6.79 Å². The quantitative estimate of drug-likeness (QED) is 0.681. The number of benzene rings is 3. The van der Waals surface area contributed by atoms with Crippen molar-refractivity contribution in [1.29, 1.82) is 0 Å². The fourth-order valence-electron chi connectivity index (χ4n) is 3.14. The minimum absolute atomic E-state index is 0.0717. The van der Waals surface area contributed by atoms with E-state index in [2.05, 4.69) is 17.4 Å². The van der Waals surface area contributed by atoms with Crippen LogP contribution >= 0.6 is 0 Å². The molecule has 0 saturated carbocycles. The van der Waals surface area contributed by atoms with Gasteiger partial charge in [-0.2, -0.15) is 0 Å². The molecule has 0 saturated heterocycles. The molecular formula is C23H21NO4. The van der Waals surface area contributed by atoms with Gasteiger partial charge in [0.15, 0.2) is 18.1 Å². The molecule has 0 radical (unpaired) electrons. The Morgan fingerprint density at radius 1 is 0.929 bits per heavy atom. The molecule has 1 unspecified atom stereocenters. The molecule has 5 nitrogen and oxygen atoms in total. The van der Waals surface area contributed by atoms with Crippen LogP contribution in [-0.4, -0.2) is 19.3 Å². The minimum atomic E-state index is -0.178. The lowest BCUT2D eigenvalue weighted by molar-refractivity contribution is -0.123. The average Bonchev–Trinajstić information content (AvgIpc) is 3.21. The molecule has 3 aromatic carbocycles. The Kier molecular flexibility index (Phi) is 5.43. The smallest absolute Gasteiger partial charge is 0.258 e. The van der Waals surface area contributed by atoms with Gasteiger partial charge in [0, 0.05) is 6.07 Å². The van der Waals surface area contributed by atoms with E-state index in [0.29, 0.717) is 23.7 Å². The van der Waals surface area contributed by atoms with Crippen LogP contribution in [0.15, 0.2) is 78.9 Å². The van der Waals surface area contributed by atoms with Crippen molar-refractivity contribution in [1.82, 2.24) is 5.32 Å². The van der Waals surface area contributed by atoms with Gasteiger partial charge < -0.3 is 19.5 Å². The third kappa shape index (κ3) is 4.43. The number of amides is 1. The molecule has 0 fully saturated rings. The van der Waals surface area contributed by atoms with Crippen molar-refractivity contribution in [2.24, 2.45) is 0 Å². The van der Waals surface area contributed by atoms with E-state index in [1.807, 2.05) is 48.5 Å². The monoisotopic (exact) mass is 375 g/mol. The predicted octanol–water partition coefficient (Wildman–Crippen LogP) is 3.89. The Morgan fingerprint density at radius 2 is 1.64 bits per heavy atom. The highest BCUT2D eigenvalue weighted by Crippen LogP contribution is 2.35. The highest BCUT2D eigenvalue weighted by molar-refractivity contribution is 5.78. The van der Waals surface area contributed by atoms with E-state index < -0.39 is 0 Å². The number of carbonyl (C=O) groups excluding carboxylic acids is 1. The minimum Gasteiger partial charge on any atom is -0.484 e. The maximum absolute atomic E-state index is 12.5. The first-order chi connectivity index (χ1) is 13.8. The highest BCUT2D eigenvalue weighted by atomic mass is 16.7.